The minimum Gasteiger partial charge on any atom is -0.392 e. The first-order valence-corrected chi connectivity index (χ1v) is 10.0. The van der Waals surface area contributed by atoms with Gasteiger partial charge >= 0.3 is 11.9 Å². The van der Waals surface area contributed by atoms with Gasteiger partial charge < -0.3 is 4.74 Å². The number of carbonyl (C=O) groups excluding carboxylic acids is 2. The Labute approximate surface area is 158 Å². The molecule has 0 N–H and O–H groups in total. The van der Waals surface area contributed by atoms with Crippen LogP contribution in [0, 0.1) is 22.7 Å². The molecule has 2 aromatic rings. The van der Waals surface area contributed by atoms with Crippen LogP contribution in [0.4, 0.5) is 0 Å². The Morgan fingerprint density at radius 2 is 1.07 bits per heavy atom. The van der Waals surface area contributed by atoms with E-state index in [1.165, 1.54) is 22.3 Å². The summed E-state index contributed by atoms with van der Waals surface area (Å²) in [7, 11) is 0. The van der Waals surface area contributed by atoms with E-state index in [9.17, 15) is 9.59 Å². The quantitative estimate of drug-likeness (QED) is 0.533. The minimum absolute atomic E-state index is 0.265. The van der Waals surface area contributed by atoms with Crippen molar-refractivity contribution in [2.24, 2.45) is 22.7 Å². The fourth-order valence-corrected chi connectivity index (χ4v) is 6.63. The second kappa shape index (κ2) is 5.09. The van der Waals surface area contributed by atoms with Gasteiger partial charge in [0.1, 0.15) is 0 Å². The molecule has 0 aromatic heterocycles. The van der Waals surface area contributed by atoms with E-state index in [1.54, 1.807) is 0 Å². The van der Waals surface area contributed by atoms with Crippen LogP contribution >= 0.6 is 0 Å². The fraction of sp³-hybridized carbons (Fsp3) is 0.417. The second-order valence-corrected chi connectivity index (χ2v) is 9.07. The van der Waals surface area contributed by atoms with Crippen molar-refractivity contribution in [3.05, 3.63) is 70.8 Å². The molecule has 0 unspecified atom stereocenters. The third-order valence-corrected chi connectivity index (χ3v) is 7.96. The van der Waals surface area contributed by atoms with Gasteiger partial charge in [-0.1, -0.05) is 48.5 Å². The molecule has 1 aliphatic heterocycles. The molecule has 0 spiro atoms. The summed E-state index contributed by atoms with van der Waals surface area (Å²) in [5, 5.41) is 0. The molecule has 3 heteroatoms. The Balaban J connectivity index is 1.49. The normalized spacial score (nSPS) is 36.0. The van der Waals surface area contributed by atoms with Gasteiger partial charge in [0.05, 0.1) is 10.8 Å². The summed E-state index contributed by atoms with van der Waals surface area (Å²) >= 11 is 0. The van der Waals surface area contributed by atoms with E-state index in [2.05, 4.69) is 36.4 Å². The first-order valence-electron chi connectivity index (χ1n) is 10.0. The predicted molar refractivity (Wildman–Crippen MR) is 99.9 cm³/mol. The lowest BCUT2D eigenvalue weighted by Crippen LogP contribution is -2.57. The number of cyclic esters (lactones) is 2. The van der Waals surface area contributed by atoms with Crippen molar-refractivity contribution in [2.75, 3.05) is 0 Å². The van der Waals surface area contributed by atoms with Crippen LogP contribution in [0.1, 0.15) is 35.1 Å². The van der Waals surface area contributed by atoms with Crippen LogP contribution in [0.2, 0.25) is 0 Å². The summed E-state index contributed by atoms with van der Waals surface area (Å²) in [6, 6.07) is 17.0. The van der Waals surface area contributed by atoms with E-state index in [4.69, 9.17) is 4.74 Å². The van der Waals surface area contributed by atoms with Crippen molar-refractivity contribution >= 4 is 11.9 Å². The molecule has 2 aromatic carbocycles. The number of ether oxygens (including phenoxy) is 1. The minimum atomic E-state index is -0.661. The van der Waals surface area contributed by atoms with Crippen molar-refractivity contribution in [1.82, 2.24) is 0 Å². The molecule has 3 nitrogen and oxygen atoms in total. The molecule has 3 aliphatic carbocycles. The predicted octanol–water partition coefficient (Wildman–Crippen LogP) is 3.67. The van der Waals surface area contributed by atoms with Crippen LogP contribution in [0.3, 0.4) is 0 Å². The lowest BCUT2D eigenvalue weighted by atomic mass is 9.45. The van der Waals surface area contributed by atoms with Gasteiger partial charge in [0.25, 0.3) is 0 Å². The Bertz CT molecular complexity index is 915. The molecular weight excluding hydrogens is 336 g/mol. The number of rotatable bonds is 0. The third kappa shape index (κ3) is 1.87. The molecule has 2 fully saturated rings. The molecule has 1 heterocycles. The van der Waals surface area contributed by atoms with E-state index in [-0.39, 0.29) is 11.9 Å². The van der Waals surface area contributed by atoms with Crippen molar-refractivity contribution in [2.45, 2.75) is 38.5 Å². The maximum absolute atomic E-state index is 13.1. The van der Waals surface area contributed by atoms with Gasteiger partial charge in [-0.2, -0.15) is 0 Å². The average molecular weight is 358 g/mol. The summed E-state index contributed by atoms with van der Waals surface area (Å²) in [6.07, 6.45) is 4.90. The molecule has 136 valence electrons. The Hall–Kier alpha value is -2.42. The SMILES string of the molecule is O=C1OC(=O)[C@]23Cc4ccccc4C[C@]12C[C@H]1Cc2ccccc2C[C@@H]1C3. The fourth-order valence-electron chi connectivity index (χ4n) is 6.63. The van der Waals surface area contributed by atoms with Gasteiger partial charge in [0.2, 0.25) is 0 Å². The topological polar surface area (TPSA) is 43.4 Å². The van der Waals surface area contributed by atoms with Crippen molar-refractivity contribution in [3.63, 3.8) is 0 Å². The second-order valence-electron chi connectivity index (χ2n) is 9.07. The Morgan fingerprint density at radius 3 is 1.52 bits per heavy atom. The highest BCUT2D eigenvalue weighted by Crippen LogP contribution is 2.65. The Morgan fingerprint density at radius 1 is 0.667 bits per heavy atom. The van der Waals surface area contributed by atoms with Gasteiger partial charge in [0.15, 0.2) is 0 Å². The molecule has 27 heavy (non-hydrogen) atoms. The van der Waals surface area contributed by atoms with Crippen LogP contribution in [-0.2, 0) is 40.0 Å². The molecule has 4 atom stereocenters. The zero-order valence-electron chi connectivity index (χ0n) is 15.2. The lowest BCUT2D eigenvalue weighted by molar-refractivity contribution is -0.155. The molecule has 0 bridgehead atoms. The molecule has 0 amide bonds. The zero-order valence-corrected chi connectivity index (χ0v) is 15.2. The van der Waals surface area contributed by atoms with E-state index in [0.717, 1.165) is 25.7 Å². The van der Waals surface area contributed by atoms with Gasteiger partial charge in [-0.05, 0) is 72.6 Å². The van der Waals surface area contributed by atoms with Crippen molar-refractivity contribution in [3.8, 4) is 0 Å². The first kappa shape index (κ1) is 15.6. The van der Waals surface area contributed by atoms with Crippen LogP contribution in [0.25, 0.3) is 0 Å². The largest absolute Gasteiger partial charge is 0.392 e. The number of benzene rings is 2. The first-order chi connectivity index (χ1) is 13.1. The van der Waals surface area contributed by atoms with Crippen LogP contribution in [0.5, 0.6) is 0 Å². The highest BCUT2D eigenvalue weighted by molar-refractivity contribution is 6.03. The molecular formula is C24H22O3. The van der Waals surface area contributed by atoms with Crippen LogP contribution in [0.15, 0.2) is 48.5 Å². The average Bonchev–Trinajstić information content (AvgIpc) is 2.88. The smallest absolute Gasteiger partial charge is 0.321 e. The molecule has 0 radical (unpaired) electrons. The van der Waals surface area contributed by atoms with Crippen LogP contribution < -0.4 is 0 Å². The van der Waals surface area contributed by atoms with E-state index >= 15 is 0 Å². The zero-order chi connectivity index (χ0) is 18.2. The Kier molecular flexibility index (Phi) is 2.95. The maximum atomic E-state index is 13.1. The molecule has 4 aliphatic rings. The number of fused-ring (bicyclic) bond motifs is 3. The number of hydrogen-bond donors (Lipinski definition) is 0. The number of carbonyl (C=O) groups is 2. The molecule has 6 rings (SSSR count). The lowest BCUT2D eigenvalue weighted by Gasteiger charge is -2.54. The van der Waals surface area contributed by atoms with E-state index in [0.29, 0.717) is 24.7 Å². The summed E-state index contributed by atoms with van der Waals surface area (Å²) in [6.45, 7) is 0. The van der Waals surface area contributed by atoms with Crippen molar-refractivity contribution in [1.29, 1.82) is 0 Å². The monoisotopic (exact) mass is 358 g/mol. The van der Waals surface area contributed by atoms with Crippen LogP contribution in [-0.4, -0.2) is 11.9 Å². The maximum Gasteiger partial charge on any atom is 0.321 e. The van der Waals surface area contributed by atoms with Gasteiger partial charge in [-0.25, -0.2) is 0 Å². The molecule has 1 saturated carbocycles. The number of esters is 2. The number of hydrogen-bond acceptors (Lipinski definition) is 3. The van der Waals surface area contributed by atoms with Gasteiger partial charge in [-0.3, -0.25) is 9.59 Å². The van der Waals surface area contributed by atoms with Gasteiger partial charge in [-0.15, -0.1) is 0 Å². The summed E-state index contributed by atoms with van der Waals surface area (Å²) in [4.78, 5) is 26.1. The van der Waals surface area contributed by atoms with Gasteiger partial charge in [0, 0.05) is 0 Å². The highest BCUT2D eigenvalue weighted by atomic mass is 16.6. The standard InChI is InChI=1S/C24H22O3/c25-21-23-11-17-7-3-4-8-18(17)12-24(23,22(26)27-21)14-20-10-16-6-2-1-5-15(16)9-19(20)13-23/h1-8,19-20H,9-14H2/t19-,20-,23-,24+/m1/s1. The summed E-state index contributed by atoms with van der Waals surface area (Å²) in [5.41, 5.74) is 3.94. The van der Waals surface area contributed by atoms with E-state index in [1.807, 2.05) is 12.1 Å². The third-order valence-electron chi connectivity index (χ3n) is 7.96. The highest BCUT2D eigenvalue weighted by Gasteiger charge is 2.72. The summed E-state index contributed by atoms with van der Waals surface area (Å²) < 4.78 is 5.37. The summed E-state index contributed by atoms with van der Waals surface area (Å²) in [5.74, 6) is 0.382. The van der Waals surface area contributed by atoms with Crippen molar-refractivity contribution < 1.29 is 14.3 Å². The van der Waals surface area contributed by atoms with E-state index < -0.39 is 10.8 Å². The molecule has 1 saturated heterocycles.